The molecule has 1 N–H and O–H groups in total. The lowest BCUT2D eigenvalue weighted by Gasteiger charge is -2.22. The van der Waals surface area contributed by atoms with E-state index in [1.54, 1.807) is 0 Å². The van der Waals surface area contributed by atoms with Crippen LogP contribution in [0, 0.1) is 0 Å². The molecule has 15 heavy (non-hydrogen) atoms. The third-order valence-corrected chi connectivity index (χ3v) is 4.32. The van der Waals surface area contributed by atoms with Crippen molar-refractivity contribution in [2.45, 2.75) is 31.7 Å². The number of furan rings is 1. The van der Waals surface area contributed by atoms with Crippen molar-refractivity contribution in [3.63, 3.8) is 0 Å². The van der Waals surface area contributed by atoms with E-state index in [0.29, 0.717) is 11.1 Å². The molecule has 1 aromatic heterocycles. The molecule has 2 heterocycles. The van der Waals surface area contributed by atoms with Crippen molar-refractivity contribution in [3.8, 4) is 0 Å². The summed E-state index contributed by atoms with van der Waals surface area (Å²) >= 11 is 6.66. The summed E-state index contributed by atoms with van der Waals surface area (Å²) < 4.78 is 7.10. The van der Waals surface area contributed by atoms with Gasteiger partial charge in [0, 0.05) is 18.4 Å². The van der Waals surface area contributed by atoms with Crippen molar-refractivity contribution in [3.05, 3.63) is 21.0 Å². The van der Waals surface area contributed by atoms with Gasteiger partial charge in [0.25, 0.3) is 0 Å². The molecular formula is C10H11Br2NO2. The van der Waals surface area contributed by atoms with E-state index in [1.165, 1.54) is 0 Å². The van der Waals surface area contributed by atoms with Crippen molar-refractivity contribution in [2.75, 3.05) is 0 Å². The summed E-state index contributed by atoms with van der Waals surface area (Å²) in [7, 11) is 0. The van der Waals surface area contributed by atoms with E-state index in [4.69, 9.17) is 4.42 Å². The Labute approximate surface area is 105 Å². The smallest absolute Gasteiger partial charge is 0.220 e. The van der Waals surface area contributed by atoms with Gasteiger partial charge in [-0.1, -0.05) is 0 Å². The maximum absolute atomic E-state index is 11.2. The first-order chi connectivity index (χ1) is 6.98. The second-order valence-corrected chi connectivity index (χ2v) is 5.69. The second kappa shape index (κ2) is 3.94. The minimum atomic E-state index is -0.159. The molecule has 82 valence electrons. The van der Waals surface area contributed by atoms with Crippen LogP contribution in [0.2, 0.25) is 0 Å². The highest BCUT2D eigenvalue weighted by Crippen LogP contribution is 2.31. The topological polar surface area (TPSA) is 42.2 Å². The minimum Gasteiger partial charge on any atom is -0.453 e. The van der Waals surface area contributed by atoms with Gasteiger partial charge in [-0.2, -0.15) is 0 Å². The van der Waals surface area contributed by atoms with Gasteiger partial charge < -0.3 is 9.73 Å². The van der Waals surface area contributed by atoms with E-state index in [0.717, 1.165) is 23.1 Å². The minimum absolute atomic E-state index is 0.127. The number of carbonyl (C=O) groups excluding carboxylic acids is 1. The number of rotatable bonds is 2. The molecule has 0 radical (unpaired) electrons. The summed E-state index contributed by atoms with van der Waals surface area (Å²) in [4.78, 5) is 11.2. The van der Waals surface area contributed by atoms with Crippen molar-refractivity contribution in [1.82, 2.24) is 5.32 Å². The van der Waals surface area contributed by atoms with E-state index < -0.39 is 0 Å². The van der Waals surface area contributed by atoms with Gasteiger partial charge in [0.15, 0.2) is 4.67 Å². The molecular weight excluding hydrogens is 326 g/mol. The zero-order valence-electron chi connectivity index (χ0n) is 8.27. The molecule has 0 bridgehead atoms. The van der Waals surface area contributed by atoms with Crippen molar-refractivity contribution in [1.29, 1.82) is 0 Å². The number of hydrogen-bond acceptors (Lipinski definition) is 2. The molecule has 1 amide bonds. The van der Waals surface area contributed by atoms with Gasteiger partial charge in [-0.3, -0.25) is 4.79 Å². The van der Waals surface area contributed by atoms with Crippen LogP contribution in [0.25, 0.3) is 0 Å². The van der Waals surface area contributed by atoms with Crippen molar-refractivity contribution < 1.29 is 9.21 Å². The molecule has 0 saturated carbocycles. The Morgan fingerprint density at radius 3 is 2.80 bits per heavy atom. The van der Waals surface area contributed by atoms with Crippen LogP contribution in [-0.4, -0.2) is 11.4 Å². The lowest BCUT2D eigenvalue weighted by Crippen LogP contribution is -2.40. The second-order valence-electron chi connectivity index (χ2n) is 4.12. The Kier molecular flexibility index (Phi) is 2.94. The van der Waals surface area contributed by atoms with Crippen LogP contribution < -0.4 is 5.32 Å². The molecule has 1 aliphatic heterocycles. The van der Waals surface area contributed by atoms with Gasteiger partial charge in [-0.15, -0.1) is 0 Å². The normalized spacial score (nSPS) is 25.7. The van der Waals surface area contributed by atoms with Crippen LogP contribution in [-0.2, 0) is 11.2 Å². The quantitative estimate of drug-likeness (QED) is 0.902. The summed E-state index contributed by atoms with van der Waals surface area (Å²) in [6, 6.07) is 1.93. The van der Waals surface area contributed by atoms with Crippen LogP contribution in [0.3, 0.4) is 0 Å². The Bertz CT molecular complexity index is 383. The highest BCUT2D eigenvalue weighted by Gasteiger charge is 2.34. The summed E-state index contributed by atoms with van der Waals surface area (Å²) in [5, 5.41) is 2.98. The van der Waals surface area contributed by atoms with E-state index in [9.17, 15) is 4.79 Å². The number of carbonyl (C=O) groups is 1. The van der Waals surface area contributed by atoms with E-state index >= 15 is 0 Å². The fraction of sp³-hybridized carbons (Fsp3) is 0.500. The van der Waals surface area contributed by atoms with Crippen LogP contribution in [0.15, 0.2) is 19.6 Å². The van der Waals surface area contributed by atoms with Gasteiger partial charge in [-0.25, -0.2) is 0 Å². The zero-order chi connectivity index (χ0) is 11.1. The van der Waals surface area contributed by atoms with Crippen LogP contribution >= 0.6 is 31.9 Å². The van der Waals surface area contributed by atoms with E-state index in [1.807, 2.05) is 13.0 Å². The molecule has 1 aromatic rings. The standard InChI is InChI=1S/C10H11Br2NO2/c1-10(3-2-8(14)13-10)5-6-4-7(11)9(12)15-6/h4H,2-3,5H2,1H3,(H,13,14). The number of hydrogen-bond donors (Lipinski definition) is 1. The largest absolute Gasteiger partial charge is 0.453 e. The van der Waals surface area contributed by atoms with E-state index in [2.05, 4.69) is 37.2 Å². The molecule has 1 saturated heterocycles. The molecule has 0 spiro atoms. The van der Waals surface area contributed by atoms with Crippen LogP contribution in [0.4, 0.5) is 0 Å². The predicted molar refractivity (Wildman–Crippen MR) is 63.6 cm³/mol. The van der Waals surface area contributed by atoms with Gasteiger partial charge >= 0.3 is 0 Å². The molecule has 1 unspecified atom stereocenters. The van der Waals surface area contributed by atoms with Gasteiger partial charge in [0.1, 0.15) is 5.76 Å². The summed E-state index contributed by atoms with van der Waals surface area (Å²) in [5.41, 5.74) is -0.159. The Hall–Kier alpha value is -0.290. The summed E-state index contributed by atoms with van der Waals surface area (Å²) in [6.07, 6.45) is 2.20. The first-order valence-corrected chi connectivity index (χ1v) is 6.32. The first-order valence-electron chi connectivity index (χ1n) is 4.73. The number of amides is 1. The lowest BCUT2D eigenvalue weighted by atomic mass is 9.95. The van der Waals surface area contributed by atoms with Gasteiger partial charge in [-0.05, 0) is 51.3 Å². The van der Waals surface area contributed by atoms with Gasteiger partial charge in [0.2, 0.25) is 5.91 Å². The maximum atomic E-state index is 11.2. The maximum Gasteiger partial charge on any atom is 0.220 e. The Morgan fingerprint density at radius 1 is 1.60 bits per heavy atom. The summed E-state index contributed by atoms with van der Waals surface area (Å²) in [6.45, 7) is 2.04. The molecule has 0 aromatic carbocycles. The highest BCUT2D eigenvalue weighted by atomic mass is 79.9. The molecule has 1 fully saturated rings. The van der Waals surface area contributed by atoms with Crippen LogP contribution in [0.1, 0.15) is 25.5 Å². The highest BCUT2D eigenvalue weighted by molar-refractivity contribution is 9.13. The zero-order valence-corrected chi connectivity index (χ0v) is 11.4. The molecule has 2 rings (SSSR count). The average Bonchev–Trinajstić information content (AvgIpc) is 2.58. The summed E-state index contributed by atoms with van der Waals surface area (Å²) in [5.74, 6) is 1.00. The third kappa shape index (κ3) is 2.45. The SMILES string of the molecule is CC1(Cc2cc(Br)c(Br)o2)CCC(=O)N1. The monoisotopic (exact) mass is 335 g/mol. The Balaban J connectivity index is 2.11. The predicted octanol–water partition coefficient (Wildman–Crippen LogP) is 3.02. The first kappa shape index (κ1) is 11.2. The van der Waals surface area contributed by atoms with Crippen molar-refractivity contribution >= 4 is 37.8 Å². The van der Waals surface area contributed by atoms with Gasteiger partial charge in [0.05, 0.1) is 4.47 Å². The number of nitrogens with one attached hydrogen (secondary N) is 1. The number of halogens is 2. The fourth-order valence-corrected chi connectivity index (χ4v) is 2.51. The lowest BCUT2D eigenvalue weighted by molar-refractivity contribution is -0.119. The van der Waals surface area contributed by atoms with Crippen LogP contribution in [0.5, 0.6) is 0 Å². The van der Waals surface area contributed by atoms with E-state index in [-0.39, 0.29) is 11.4 Å². The molecule has 1 aliphatic rings. The molecule has 1 atom stereocenters. The fourth-order valence-electron chi connectivity index (χ4n) is 1.85. The molecule has 3 nitrogen and oxygen atoms in total. The van der Waals surface area contributed by atoms with Crippen molar-refractivity contribution in [2.24, 2.45) is 0 Å². The Morgan fingerprint density at radius 2 is 2.33 bits per heavy atom. The third-order valence-electron chi connectivity index (χ3n) is 2.61. The average molecular weight is 337 g/mol. The molecule has 5 heteroatoms. The molecule has 0 aliphatic carbocycles.